The molecule has 2 aromatic carbocycles. The lowest BCUT2D eigenvalue weighted by atomic mass is 10.2. The van der Waals surface area contributed by atoms with Crippen LogP contribution in [0.15, 0.2) is 54.9 Å². The van der Waals surface area contributed by atoms with Crippen LogP contribution >= 0.6 is 0 Å². The van der Waals surface area contributed by atoms with Crippen LogP contribution in [-0.2, 0) is 20.9 Å². The van der Waals surface area contributed by atoms with Gasteiger partial charge >= 0.3 is 5.97 Å². The third kappa shape index (κ3) is 3.78. The molecule has 0 bridgehead atoms. The Labute approximate surface area is 139 Å². The van der Waals surface area contributed by atoms with E-state index in [-0.39, 0.29) is 19.1 Å². The van der Waals surface area contributed by atoms with Gasteiger partial charge in [-0.3, -0.25) is 9.59 Å². The second-order valence-corrected chi connectivity index (χ2v) is 5.44. The van der Waals surface area contributed by atoms with Gasteiger partial charge in [-0.15, -0.1) is 0 Å². The van der Waals surface area contributed by atoms with Crippen molar-refractivity contribution in [1.82, 2.24) is 9.55 Å². The molecule has 0 spiro atoms. The van der Waals surface area contributed by atoms with Gasteiger partial charge in [0.15, 0.2) is 6.61 Å². The number of fused-ring (bicyclic) bond motifs is 1. The molecule has 0 aliphatic heterocycles. The van der Waals surface area contributed by atoms with Crippen LogP contribution < -0.4 is 5.32 Å². The quantitative estimate of drug-likeness (QED) is 0.732. The number of benzene rings is 2. The summed E-state index contributed by atoms with van der Waals surface area (Å²) in [6.45, 7) is 1.66. The molecule has 0 unspecified atom stereocenters. The minimum Gasteiger partial charge on any atom is -0.454 e. The molecule has 6 nitrogen and oxygen atoms in total. The lowest BCUT2D eigenvalue weighted by Crippen LogP contribution is -2.22. The van der Waals surface area contributed by atoms with Gasteiger partial charge in [0.1, 0.15) is 6.54 Å². The number of para-hydroxylation sites is 2. The number of rotatable bonds is 5. The first-order valence-corrected chi connectivity index (χ1v) is 7.54. The maximum absolute atomic E-state index is 11.9. The van der Waals surface area contributed by atoms with Crippen molar-refractivity contribution in [3.05, 3.63) is 60.4 Å². The summed E-state index contributed by atoms with van der Waals surface area (Å²) in [7, 11) is 0. The number of imidazole rings is 1. The van der Waals surface area contributed by atoms with Crippen molar-refractivity contribution in [3.63, 3.8) is 0 Å². The molecule has 1 N–H and O–H groups in total. The summed E-state index contributed by atoms with van der Waals surface area (Å²) in [5.74, 6) is -0.861. The van der Waals surface area contributed by atoms with Crippen LogP contribution in [-0.4, -0.2) is 28.0 Å². The molecule has 0 atom stereocenters. The standard InChI is InChI=1S/C18H17N3O3/c1-13-6-8-14(9-7-13)20-17(22)11-24-18(23)10-21-12-19-15-4-2-3-5-16(15)21/h2-9,12H,10-11H2,1H3,(H,20,22). The maximum Gasteiger partial charge on any atom is 0.326 e. The molecule has 0 radical (unpaired) electrons. The number of aromatic nitrogens is 2. The Morgan fingerprint density at radius 1 is 1.12 bits per heavy atom. The first-order valence-electron chi connectivity index (χ1n) is 7.54. The van der Waals surface area contributed by atoms with Gasteiger partial charge in [-0.2, -0.15) is 0 Å². The van der Waals surface area contributed by atoms with E-state index in [0.717, 1.165) is 16.6 Å². The van der Waals surface area contributed by atoms with Crippen LogP contribution in [0.5, 0.6) is 0 Å². The Bertz CT molecular complexity index is 869. The summed E-state index contributed by atoms with van der Waals surface area (Å²) in [5.41, 5.74) is 3.43. The predicted molar refractivity (Wildman–Crippen MR) is 90.5 cm³/mol. The van der Waals surface area contributed by atoms with Crippen LogP contribution in [0.1, 0.15) is 5.56 Å². The zero-order chi connectivity index (χ0) is 16.9. The largest absolute Gasteiger partial charge is 0.454 e. The normalized spacial score (nSPS) is 10.5. The Hall–Kier alpha value is -3.15. The highest BCUT2D eigenvalue weighted by molar-refractivity contribution is 5.92. The van der Waals surface area contributed by atoms with Crippen LogP contribution in [0, 0.1) is 6.92 Å². The van der Waals surface area contributed by atoms with Crippen molar-refractivity contribution in [2.45, 2.75) is 13.5 Å². The molecule has 0 aliphatic carbocycles. The van der Waals surface area contributed by atoms with E-state index in [1.165, 1.54) is 0 Å². The van der Waals surface area contributed by atoms with Gasteiger partial charge in [-0.05, 0) is 31.2 Å². The van der Waals surface area contributed by atoms with Crippen LogP contribution in [0.25, 0.3) is 11.0 Å². The van der Waals surface area contributed by atoms with Gasteiger partial charge < -0.3 is 14.6 Å². The highest BCUT2D eigenvalue weighted by atomic mass is 16.5. The fraction of sp³-hybridized carbons (Fsp3) is 0.167. The summed E-state index contributed by atoms with van der Waals surface area (Å²) in [6, 6.07) is 14.9. The van der Waals surface area contributed by atoms with Crippen LogP contribution in [0.3, 0.4) is 0 Å². The SMILES string of the molecule is Cc1ccc(NC(=O)COC(=O)Cn2cnc3ccccc32)cc1. The molecule has 24 heavy (non-hydrogen) atoms. The van der Waals surface area contributed by atoms with Gasteiger partial charge in [0.05, 0.1) is 17.4 Å². The Balaban J connectivity index is 1.52. The zero-order valence-electron chi connectivity index (χ0n) is 13.2. The molecule has 1 heterocycles. The molecule has 3 aromatic rings. The fourth-order valence-corrected chi connectivity index (χ4v) is 2.30. The molecule has 1 amide bonds. The minimum absolute atomic E-state index is 0.0122. The lowest BCUT2D eigenvalue weighted by Gasteiger charge is -2.07. The summed E-state index contributed by atoms with van der Waals surface area (Å²) >= 11 is 0. The number of hydrogen-bond acceptors (Lipinski definition) is 4. The Morgan fingerprint density at radius 2 is 1.88 bits per heavy atom. The number of esters is 1. The third-order valence-corrected chi connectivity index (χ3v) is 3.53. The monoisotopic (exact) mass is 323 g/mol. The van der Waals surface area contributed by atoms with Gasteiger partial charge in [0.25, 0.3) is 5.91 Å². The van der Waals surface area contributed by atoms with E-state index >= 15 is 0 Å². The number of anilines is 1. The van der Waals surface area contributed by atoms with Crippen molar-refractivity contribution in [3.8, 4) is 0 Å². The van der Waals surface area contributed by atoms with E-state index in [9.17, 15) is 9.59 Å². The fourth-order valence-electron chi connectivity index (χ4n) is 2.30. The number of nitrogens with one attached hydrogen (secondary N) is 1. The van der Waals surface area contributed by atoms with Crippen molar-refractivity contribution >= 4 is 28.6 Å². The molecule has 0 aliphatic rings. The second kappa shape index (κ2) is 6.95. The van der Waals surface area contributed by atoms with Crippen LogP contribution in [0.2, 0.25) is 0 Å². The summed E-state index contributed by atoms with van der Waals surface area (Å²) < 4.78 is 6.71. The molecular weight excluding hydrogens is 306 g/mol. The predicted octanol–water partition coefficient (Wildman–Crippen LogP) is 2.53. The number of ether oxygens (including phenoxy) is 1. The van der Waals surface area contributed by atoms with E-state index in [2.05, 4.69) is 10.3 Å². The van der Waals surface area contributed by atoms with E-state index in [1.807, 2.05) is 43.3 Å². The van der Waals surface area contributed by atoms with E-state index in [4.69, 9.17) is 4.74 Å². The minimum atomic E-state index is -0.489. The molecular formula is C18H17N3O3. The van der Waals surface area contributed by atoms with Gasteiger partial charge in [0, 0.05) is 5.69 Å². The Morgan fingerprint density at radius 3 is 2.67 bits per heavy atom. The van der Waals surface area contributed by atoms with Crippen molar-refractivity contribution < 1.29 is 14.3 Å². The first kappa shape index (κ1) is 15.7. The van der Waals surface area contributed by atoms with Gasteiger partial charge in [0.2, 0.25) is 0 Å². The Kier molecular flexibility index (Phi) is 4.56. The van der Waals surface area contributed by atoms with E-state index < -0.39 is 5.97 Å². The molecule has 0 saturated heterocycles. The summed E-state index contributed by atoms with van der Waals surface area (Å²) in [5, 5.41) is 2.68. The van der Waals surface area contributed by atoms with Crippen LogP contribution in [0.4, 0.5) is 5.69 Å². The second-order valence-electron chi connectivity index (χ2n) is 5.44. The molecule has 3 rings (SSSR count). The number of nitrogens with zero attached hydrogens (tertiary/aromatic N) is 2. The summed E-state index contributed by atoms with van der Waals surface area (Å²) in [4.78, 5) is 27.9. The topological polar surface area (TPSA) is 73.2 Å². The number of amides is 1. The lowest BCUT2D eigenvalue weighted by molar-refractivity contribution is -0.147. The highest BCUT2D eigenvalue weighted by Gasteiger charge is 2.10. The van der Waals surface area contributed by atoms with Crippen molar-refractivity contribution in [2.75, 3.05) is 11.9 Å². The zero-order valence-corrected chi connectivity index (χ0v) is 13.2. The highest BCUT2D eigenvalue weighted by Crippen LogP contribution is 2.12. The third-order valence-electron chi connectivity index (χ3n) is 3.53. The number of carbonyl (C=O) groups is 2. The first-order chi connectivity index (χ1) is 11.6. The number of hydrogen-bond donors (Lipinski definition) is 1. The van der Waals surface area contributed by atoms with Gasteiger partial charge in [-0.25, -0.2) is 4.98 Å². The molecule has 6 heteroatoms. The molecule has 0 saturated carbocycles. The maximum atomic E-state index is 11.9. The number of carbonyl (C=O) groups excluding carboxylic acids is 2. The smallest absolute Gasteiger partial charge is 0.326 e. The number of aryl methyl sites for hydroxylation is 1. The van der Waals surface area contributed by atoms with E-state index in [0.29, 0.717) is 5.69 Å². The molecule has 0 fully saturated rings. The van der Waals surface area contributed by atoms with Crippen molar-refractivity contribution in [2.24, 2.45) is 0 Å². The van der Waals surface area contributed by atoms with Gasteiger partial charge in [-0.1, -0.05) is 29.8 Å². The van der Waals surface area contributed by atoms with E-state index in [1.54, 1.807) is 23.0 Å². The average Bonchev–Trinajstić information content (AvgIpc) is 2.98. The average molecular weight is 323 g/mol. The summed E-state index contributed by atoms with van der Waals surface area (Å²) in [6.07, 6.45) is 1.58. The molecule has 1 aromatic heterocycles. The van der Waals surface area contributed by atoms with Crippen molar-refractivity contribution in [1.29, 1.82) is 0 Å². The molecule has 122 valence electrons.